The number of rotatable bonds is 6. The first kappa shape index (κ1) is 23.2. The molecule has 35 heavy (non-hydrogen) atoms. The monoisotopic (exact) mass is 489 g/mol. The second-order valence-corrected chi connectivity index (χ2v) is 10.3. The molecule has 180 valence electrons. The molecule has 1 unspecified atom stereocenters. The number of amides is 2. The number of aryl methyl sites for hydroxylation is 2. The number of thiophene rings is 1. The number of carbonyl (C=O) groups is 2. The number of nitro benzene ring substituents is 1. The van der Waals surface area contributed by atoms with Crippen LogP contribution < -0.4 is 0 Å². The molecular weight excluding hydrogens is 462 g/mol. The predicted molar refractivity (Wildman–Crippen MR) is 135 cm³/mol. The van der Waals surface area contributed by atoms with Crippen molar-refractivity contribution in [2.45, 2.75) is 45.2 Å². The van der Waals surface area contributed by atoms with Crippen molar-refractivity contribution in [1.29, 1.82) is 0 Å². The first-order valence-electron chi connectivity index (χ1n) is 11.8. The Hall–Kier alpha value is -3.52. The fourth-order valence-corrected chi connectivity index (χ4v) is 5.81. The van der Waals surface area contributed by atoms with Gasteiger partial charge in [-0.1, -0.05) is 30.3 Å². The summed E-state index contributed by atoms with van der Waals surface area (Å²) >= 11 is 1.72. The Balaban J connectivity index is 1.44. The van der Waals surface area contributed by atoms with Crippen LogP contribution in [0.1, 0.15) is 56.4 Å². The molecule has 0 spiro atoms. The molecule has 0 radical (unpaired) electrons. The summed E-state index contributed by atoms with van der Waals surface area (Å²) in [4.78, 5) is 42.9. The molecule has 2 heterocycles. The van der Waals surface area contributed by atoms with E-state index in [1.165, 1.54) is 10.9 Å². The van der Waals surface area contributed by atoms with Gasteiger partial charge in [0.05, 0.1) is 11.0 Å². The molecule has 1 aliphatic heterocycles. The fraction of sp³-hybridized carbons (Fsp3) is 0.333. The van der Waals surface area contributed by atoms with E-state index in [0.29, 0.717) is 12.1 Å². The molecule has 1 atom stereocenters. The van der Waals surface area contributed by atoms with Gasteiger partial charge in [-0.05, 0) is 67.3 Å². The van der Waals surface area contributed by atoms with E-state index >= 15 is 0 Å². The molecule has 0 N–H and O–H groups in total. The first-order chi connectivity index (χ1) is 16.8. The van der Waals surface area contributed by atoms with Gasteiger partial charge in [-0.15, -0.1) is 11.3 Å². The molecule has 0 bridgehead atoms. The minimum atomic E-state index is -0.475. The van der Waals surface area contributed by atoms with Crippen molar-refractivity contribution >= 4 is 28.8 Å². The van der Waals surface area contributed by atoms with E-state index in [-0.39, 0.29) is 41.7 Å². The standard InChI is InChI=1S/C27H27N3O4S/c1-17-5-3-4-6-21(17)26-22-12-14-35-24(22)11-13-28(26)25(31)16-29(20-9-10-20)27(32)19-8-7-18(2)23(15-19)30(33)34/h3-8,12,14-15,20,26H,9-11,13,16H2,1-2H3. The Labute approximate surface area is 208 Å². The highest BCUT2D eigenvalue weighted by Crippen LogP contribution is 2.39. The van der Waals surface area contributed by atoms with Gasteiger partial charge in [-0.3, -0.25) is 19.7 Å². The zero-order valence-electron chi connectivity index (χ0n) is 19.8. The number of nitro groups is 1. The summed E-state index contributed by atoms with van der Waals surface area (Å²) in [5.74, 6) is -0.429. The molecule has 1 aliphatic carbocycles. The van der Waals surface area contributed by atoms with Gasteiger partial charge in [0.2, 0.25) is 5.91 Å². The van der Waals surface area contributed by atoms with Crippen molar-refractivity contribution < 1.29 is 14.5 Å². The molecule has 0 saturated heterocycles. The summed E-state index contributed by atoms with van der Waals surface area (Å²) in [6.45, 7) is 4.26. The van der Waals surface area contributed by atoms with Crippen molar-refractivity contribution in [3.8, 4) is 0 Å². The zero-order chi connectivity index (χ0) is 24.7. The highest BCUT2D eigenvalue weighted by molar-refractivity contribution is 7.10. The largest absolute Gasteiger partial charge is 0.330 e. The summed E-state index contributed by atoms with van der Waals surface area (Å²) in [7, 11) is 0. The highest BCUT2D eigenvalue weighted by atomic mass is 32.1. The minimum Gasteiger partial charge on any atom is -0.330 e. The molecule has 7 nitrogen and oxygen atoms in total. The Morgan fingerprint density at radius 2 is 1.86 bits per heavy atom. The number of carbonyl (C=O) groups excluding carboxylic acids is 2. The van der Waals surface area contributed by atoms with E-state index in [0.717, 1.165) is 36.0 Å². The van der Waals surface area contributed by atoms with Gasteiger partial charge < -0.3 is 9.80 Å². The average Bonchev–Trinajstić information content (AvgIpc) is 3.57. The van der Waals surface area contributed by atoms with E-state index in [9.17, 15) is 19.7 Å². The molecule has 5 rings (SSSR count). The van der Waals surface area contributed by atoms with Crippen LogP contribution in [0.25, 0.3) is 0 Å². The lowest BCUT2D eigenvalue weighted by molar-refractivity contribution is -0.385. The maximum Gasteiger partial charge on any atom is 0.273 e. The summed E-state index contributed by atoms with van der Waals surface area (Å²) in [6.07, 6.45) is 2.47. The minimum absolute atomic E-state index is 0.00906. The van der Waals surface area contributed by atoms with E-state index in [4.69, 9.17) is 0 Å². The second kappa shape index (κ2) is 9.26. The Morgan fingerprint density at radius 1 is 1.09 bits per heavy atom. The lowest BCUT2D eigenvalue weighted by Crippen LogP contribution is -2.47. The van der Waals surface area contributed by atoms with Crippen molar-refractivity contribution in [3.63, 3.8) is 0 Å². The average molecular weight is 490 g/mol. The van der Waals surface area contributed by atoms with Gasteiger partial charge in [0, 0.05) is 34.7 Å². The van der Waals surface area contributed by atoms with Crippen LogP contribution in [0.2, 0.25) is 0 Å². The topological polar surface area (TPSA) is 83.8 Å². The molecule has 8 heteroatoms. The number of nitrogens with zero attached hydrogens (tertiary/aromatic N) is 3. The molecule has 1 fully saturated rings. The van der Waals surface area contributed by atoms with E-state index in [2.05, 4.69) is 30.5 Å². The predicted octanol–water partition coefficient (Wildman–Crippen LogP) is 5.05. The lowest BCUT2D eigenvalue weighted by atomic mass is 9.90. The van der Waals surface area contributed by atoms with Gasteiger partial charge in [-0.25, -0.2) is 0 Å². The smallest absolute Gasteiger partial charge is 0.273 e. The van der Waals surface area contributed by atoms with E-state index in [1.807, 2.05) is 17.0 Å². The van der Waals surface area contributed by atoms with Crippen molar-refractivity contribution in [1.82, 2.24) is 9.80 Å². The number of hydrogen-bond donors (Lipinski definition) is 0. The van der Waals surface area contributed by atoms with Gasteiger partial charge in [0.1, 0.15) is 6.54 Å². The molecule has 1 saturated carbocycles. The first-order valence-corrected chi connectivity index (χ1v) is 12.7. The van der Waals surface area contributed by atoms with Crippen LogP contribution in [0.4, 0.5) is 5.69 Å². The van der Waals surface area contributed by atoms with Crippen LogP contribution in [0.3, 0.4) is 0 Å². The summed E-state index contributed by atoms with van der Waals surface area (Å²) < 4.78 is 0. The van der Waals surface area contributed by atoms with E-state index < -0.39 is 4.92 Å². The van der Waals surface area contributed by atoms with Gasteiger partial charge in [0.15, 0.2) is 0 Å². The maximum absolute atomic E-state index is 13.8. The highest BCUT2D eigenvalue weighted by Gasteiger charge is 2.39. The number of fused-ring (bicyclic) bond motifs is 1. The van der Waals surface area contributed by atoms with Crippen LogP contribution in [0, 0.1) is 24.0 Å². The number of hydrogen-bond acceptors (Lipinski definition) is 5. The molecule has 2 aromatic carbocycles. The van der Waals surface area contributed by atoms with E-state index in [1.54, 1.807) is 35.3 Å². The molecule has 2 aliphatic rings. The third-order valence-electron chi connectivity index (χ3n) is 6.98. The molecule has 1 aromatic heterocycles. The molecule has 3 aromatic rings. The SMILES string of the molecule is Cc1ccccc1C1c2ccsc2CCN1C(=O)CN(C(=O)c1ccc(C)c([N+](=O)[O-])c1)C1CC1. The van der Waals surface area contributed by atoms with Gasteiger partial charge in [0.25, 0.3) is 11.6 Å². The molecular formula is C27H27N3O4S. The summed E-state index contributed by atoms with van der Waals surface area (Å²) in [6, 6.07) is 14.6. The van der Waals surface area contributed by atoms with Crippen molar-refractivity contribution in [2.75, 3.05) is 13.1 Å². The third kappa shape index (κ3) is 4.46. The van der Waals surface area contributed by atoms with Gasteiger partial charge in [-0.2, -0.15) is 0 Å². The Kier molecular flexibility index (Phi) is 6.15. The quantitative estimate of drug-likeness (QED) is 0.358. The van der Waals surface area contributed by atoms with Crippen LogP contribution in [-0.2, 0) is 11.2 Å². The van der Waals surface area contributed by atoms with Crippen LogP contribution in [-0.4, -0.2) is 45.7 Å². The number of benzene rings is 2. The Bertz CT molecular complexity index is 1310. The summed E-state index contributed by atoms with van der Waals surface area (Å²) in [5.41, 5.74) is 4.04. The molecule has 2 amide bonds. The van der Waals surface area contributed by atoms with Crippen LogP contribution in [0.15, 0.2) is 53.9 Å². The van der Waals surface area contributed by atoms with Crippen molar-refractivity contribution in [3.05, 3.63) is 96.7 Å². The Morgan fingerprint density at radius 3 is 2.57 bits per heavy atom. The van der Waals surface area contributed by atoms with Crippen LogP contribution in [0.5, 0.6) is 0 Å². The lowest BCUT2D eigenvalue weighted by Gasteiger charge is -2.38. The van der Waals surface area contributed by atoms with Gasteiger partial charge >= 0.3 is 0 Å². The second-order valence-electron chi connectivity index (χ2n) is 9.32. The normalized spacial score (nSPS) is 17.1. The fourth-order valence-electron chi connectivity index (χ4n) is 4.91. The van der Waals surface area contributed by atoms with Crippen LogP contribution >= 0.6 is 11.3 Å². The van der Waals surface area contributed by atoms with Crippen molar-refractivity contribution in [2.24, 2.45) is 0 Å². The zero-order valence-corrected chi connectivity index (χ0v) is 20.6. The third-order valence-corrected chi connectivity index (χ3v) is 7.97. The summed E-state index contributed by atoms with van der Waals surface area (Å²) in [5, 5.41) is 13.5. The maximum atomic E-state index is 13.8.